The van der Waals surface area contributed by atoms with E-state index in [9.17, 15) is 13.2 Å². The number of nitrogens with zero attached hydrogens (tertiary/aromatic N) is 5. The zero-order valence-corrected chi connectivity index (χ0v) is 20.5. The summed E-state index contributed by atoms with van der Waals surface area (Å²) < 4.78 is 48.6. The molecule has 1 aliphatic rings. The van der Waals surface area contributed by atoms with Crippen LogP contribution in [-0.2, 0) is 13.0 Å². The second-order valence-corrected chi connectivity index (χ2v) is 8.87. The summed E-state index contributed by atoms with van der Waals surface area (Å²) in [5.74, 6) is 1.12. The summed E-state index contributed by atoms with van der Waals surface area (Å²) in [5.41, 5.74) is 4.07. The molecule has 38 heavy (non-hydrogen) atoms. The first-order valence-electron chi connectivity index (χ1n) is 12.0. The van der Waals surface area contributed by atoms with Crippen molar-refractivity contribution in [2.75, 3.05) is 18.4 Å². The lowest BCUT2D eigenvalue weighted by Crippen LogP contribution is -2.18. The summed E-state index contributed by atoms with van der Waals surface area (Å²) in [7, 11) is 0. The van der Waals surface area contributed by atoms with Gasteiger partial charge in [-0.1, -0.05) is 5.57 Å². The Morgan fingerprint density at radius 2 is 2.00 bits per heavy atom. The maximum atomic E-state index is 12.4. The molecule has 5 rings (SSSR count). The third-order valence-corrected chi connectivity index (χ3v) is 6.11. The van der Waals surface area contributed by atoms with Gasteiger partial charge < -0.3 is 14.5 Å². The lowest BCUT2D eigenvalue weighted by Gasteiger charge is -2.20. The van der Waals surface area contributed by atoms with E-state index in [4.69, 9.17) is 4.42 Å². The average Bonchev–Trinajstić information content (AvgIpc) is 3.58. The van der Waals surface area contributed by atoms with Crippen LogP contribution < -0.4 is 10.1 Å². The number of benzene rings is 1. The van der Waals surface area contributed by atoms with Crippen LogP contribution in [0.5, 0.6) is 5.75 Å². The van der Waals surface area contributed by atoms with E-state index < -0.39 is 6.36 Å². The Labute approximate surface area is 216 Å². The molecule has 8 nitrogen and oxygen atoms in total. The zero-order chi connectivity index (χ0) is 26.5. The van der Waals surface area contributed by atoms with E-state index in [1.165, 1.54) is 30.5 Å². The molecule has 0 unspecified atom stereocenters. The summed E-state index contributed by atoms with van der Waals surface area (Å²) in [5, 5.41) is 7.53. The van der Waals surface area contributed by atoms with Crippen LogP contribution >= 0.6 is 0 Å². The van der Waals surface area contributed by atoms with Crippen molar-refractivity contribution in [1.29, 1.82) is 0 Å². The maximum Gasteiger partial charge on any atom is 0.573 e. The molecule has 196 valence electrons. The number of oxazole rings is 1. The van der Waals surface area contributed by atoms with Crippen molar-refractivity contribution in [2.24, 2.45) is 10.9 Å². The molecule has 1 N–H and O–H groups in total. The van der Waals surface area contributed by atoms with Crippen molar-refractivity contribution in [2.45, 2.75) is 26.3 Å². The number of aliphatic imine (C=N–C) groups is 1. The Balaban J connectivity index is 1.18. The molecule has 4 heterocycles. The molecule has 0 fully saturated rings. The standard InChI is InChI=1S/C27H25F3N6O2/c1-18-13-23(26-35-24(17-37-26)20-3-5-22(6-4-20)38-27(28,29)30)33-16-21(18)14-19-7-9-31-25(15-19)32-10-12-36-11-2-8-34-36/h2-9,11,13,15,17,21H,10,12,14,16H2,1H3,(H,31,32)/t21-/m0/s1. The number of pyridine rings is 1. The molecule has 0 bridgehead atoms. The summed E-state index contributed by atoms with van der Waals surface area (Å²) in [6, 6.07) is 11.4. The Kier molecular flexibility index (Phi) is 7.25. The number of aromatic nitrogens is 4. The molecule has 0 radical (unpaired) electrons. The molecule has 1 aromatic carbocycles. The molecule has 0 aliphatic carbocycles. The topological polar surface area (TPSA) is 90.4 Å². The van der Waals surface area contributed by atoms with Gasteiger partial charge in [-0.2, -0.15) is 5.10 Å². The van der Waals surface area contributed by atoms with Crippen LogP contribution in [0.2, 0.25) is 0 Å². The minimum Gasteiger partial charge on any atom is -0.443 e. The molecule has 0 amide bonds. The highest BCUT2D eigenvalue weighted by Gasteiger charge is 2.31. The number of halogens is 3. The molecular formula is C27H25F3N6O2. The second-order valence-electron chi connectivity index (χ2n) is 8.87. The highest BCUT2D eigenvalue weighted by atomic mass is 19.4. The molecule has 0 spiro atoms. The smallest absolute Gasteiger partial charge is 0.443 e. The number of hydrogen-bond donors (Lipinski definition) is 1. The van der Waals surface area contributed by atoms with Crippen molar-refractivity contribution in [3.63, 3.8) is 0 Å². The van der Waals surface area contributed by atoms with Crippen LogP contribution in [0.3, 0.4) is 0 Å². The van der Waals surface area contributed by atoms with Crippen molar-refractivity contribution in [3.8, 4) is 17.0 Å². The lowest BCUT2D eigenvalue weighted by molar-refractivity contribution is -0.274. The summed E-state index contributed by atoms with van der Waals surface area (Å²) in [4.78, 5) is 13.6. The SMILES string of the molecule is CC1=CC(c2nc(-c3ccc(OC(F)(F)F)cc3)co2)=NC[C@@H]1Cc1ccnc(NCCn2cccn2)c1. The summed E-state index contributed by atoms with van der Waals surface area (Å²) in [6.07, 6.45) is 5.00. The van der Waals surface area contributed by atoms with Crippen molar-refractivity contribution in [3.05, 3.63) is 90.4 Å². The maximum absolute atomic E-state index is 12.4. The van der Waals surface area contributed by atoms with Gasteiger partial charge >= 0.3 is 6.36 Å². The largest absolute Gasteiger partial charge is 0.573 e. The van der Waals surface area contributed by atoms with E-state index in [1.807, 2.05) is 29.1 Å². The van der Waals surface area contributed by atoms with Crippen LogP contribution in [0.25, 0.3) is 11.3 Å². The van der Waals surface area contributed by atoms with E-state index in [-0.39, 0.29) is 11.7 Å². The molecule has 1 atom stereocenters. The Bertz CT molecular complexity index is 1430. The van der Waals surface area contributed by atoms with Gasteiger partial charge in [-0.05, 0) is 67.4 Å². The summed E-state index contributed by atoms with van der Waals surface area (Å²) in [6.45, 7) is 4.12. The van der Waals surface area contributed by atoms with Crippen LogP contribution in [0.1, 0.15) is 18.4 Å². The van der Waals surface area contributed by atoms with E-state index >= 15 is 0 Å². The van der Waals surface area contributed by atoms with Gasteiger partial charge in [-0.15, -0.1) is 13.2 Å². The predicted molar refractivity (Wildman–Crippen MR) is 136 cm³/mol. The number of hydrogen-bond acceptors (Lipinski definition) is 7. The Morgan fingerprint density at radius 3 is 2.74 bits per heavy atom. The van der Waals surface area contributed by atoms with Gasteiger partial charge in [-0.25, -0.2) is 9.97 Å². The Hall–Kier alpha value is -4.41. The van der Waals surface area contributed by atoms with Gasteiger partial charge in [0.25, 0.3) is 0 Å². The molecule has 3 aromatic heterocycles. The zero-order valence-electron chi connectivity index (χ0n) is 20.5. The minimum absolute atomic E-state index is 0.230. The van der Waals surface area contributed by atoms with Crippen molar-refractivity contribution < 1.29 is 22.3 Å². The van der Waals surface area contributed by atoms with Crippen LogP contribution in [0.4, 0.5) is 19.0 Å². The lowest BCUT2D eigenvalue weighted by atomic mass is 9.90. The highest BCUT2D eigenvalue weighted by Crippen LogP contribution is 2.28. The van der Waals surface area contributed by atoms with Gasteiger partial charge in [0, 0.05) is 43.2 Å². The fourth-order valence-electron chi connectivity index (χ4n) is 4.15. The molecule has 11 heteroatoms. The van der Waals surface area contributed by atoms with Gasteiger partial charge in [0.05, 0.1) is 6.54 Å². The first-order valence-corrected chi connectivity index (χ1v) is 12.0. The monoisotopic (exact) mass is 522 g/mol. The molecule has 0 saturated carbocycles. The number of rotatable bonds is 9. The Morgan fingerprint density at radius 1 is 1.16 bits per heavy atom. The number of anilines is 1. The third kappa shape index (κ3) is 6.47. The first-order chi connectivity index (χ1) is 18.3. The van der Waals surface area contributed by atoms with E-state index in [0.29, 0.717) is 29.4 Å². The average molecular weight is 523 g/mol. The second kappa shape index (κ2) is 10.9. The molecular weight excluding hydrogens is 497 g/mol. The van der Waals surface area contributed by atoms with Crippen molar-refractivity contribution in [1.82, 2.24) is 19.7 Å². The van der Waals surface area contributed by atoms with Crippen LogP contribution in [0, 0.1) is 5.92 Å². The normalized spacial score (nSPS) is 15.6. The van der Waals surface area contributed by atoms with E-state index in [0.717, 1.165) is 36.5 Å². The predicted octanol–water partition coefficient (Wildman–Crippen LogP) is 5.55. The molecule has 0 saturated heterocycles. The third-order valence-electron chi connectivity index (χ3n) is 6.11. The van der Waals surface area contributed by atoms with Gasteiger partial charge in [0.15, 0.2) is 0 Å². The van der Waals surface area contributed by atoms with Crippen LogP contribution in [0.15, 0.2) is 88.4 Å². The quantitative estimate of drug-likeness (QED) is 0.310. The van der Waals surface area contributed by atoms with Crippen molar-refractivity contribution >= 4 is 11.5 Å². The number of allylic oxidation sites excluding steroid dienone is 1. The van der Waals surface area contributed by atoms with Gasteiger partial charge in [-0.3, -0.25) is 9.67 Å². The fourth-order valence-corrected chi connectivity index (χ4v) is 4.15. The van der Waals surface area contributed by atoms with E-state index in [1.54, 1.807) is 12.4 Å². The van der Waals surface area contributed by atoms with Gasteiger partial charge in [0.1, 0.15) is 29.2 Å². The first kappa shape index (κ1) is 25.2. The summed E-state index contributed by atoms with van der Waals surface area (Å²) >= 11 is 0. The van der Waals surface area contributed by atoms with E-state index in [2.05, 4.69) is 43.1 Å². The highest BCUT2D eigenvalue weighted by molar-refractivity contribution is 6.06. The number of alkyl halides is 3. The molecule has 4 aromatic rings. The minimum atomic E-state index is -4.73. The molecule has 1 aliphatic heterocycles. The van der Waals surface area contributed by atoms with Gasteiger partial charge in [0.2, 0.25) is 5.89 Å². The number of dihydropyridines is 1. The number of ether oxygens (including phenoxy) is 1. The fraction of sp³-hybridized carbons (Fsp3) is 0.259. The van der Waals surface area contributed by atoms with Crippen LogP contribution in [-0.4, -0.2) is 44.9 Å². The number of nitrogens with one attached hydrogen (secondary N) is 1.